The summed E-state index contributed by atoms with van der Waals surface area (Å²) < 4.78 is 0. The average molecular weight is 313 g/mol. The standard InChI is InChI=1S/C18H19NO4/c20-12-15-3-1-14(2-4-15)11-17(21)10-7-13-5-8-16(9-6-13)18(22)19-23/h1-6,8-9,20,23H,7,10-12H2,(H,19,22). The van der Waals surface area contributed by atoms with Crippen molar-refractivity contribution in [2.24, 2.45) is 0 Å². The molecule has 2 rings (SSSR count). The number of Topliss-reactive ketones (excluding diaryl/α,β-unsaturated/α-hetero) is 1. The third-order valence-corrected chi connectivity index (χ3v) is 3.62. The number of carbonyl (C=O) groups excluding carboxylic acids is 2. The molecule has 0 aliphatic carbocycles. The van der Waals surface area contributed by atoms with Crippen LogP contribution < -0.4 is 5.48 Å². The van der Waals surface area contributed by atoms with Crippen molar-refractivity contribution in [1.29, 1.82) is 0 Å². The number of aryl methyl sites for hydroxylation is 1. The van der Waals surface area contributed by atoms with Gasteiger partial charge in [0, 0.05) is 18.4 Å². The molecule has 0 unspecified atom stereocenters. The summed E-state index contributed by atoms with van der Waals surface area (Å²) in [5.74, 6) is -0.419. The Morgan fingerprint density at radius 1 is 0.870 bits per heavy atom. The Labute approximate surface area is 134 Å². The van der Waals surface area contributed by atoms with E-state index in [-0.39, 0.29) is 12.4 Å². The Morgan fingerprint density at radius 2 is 1.43 bits per heavy atom. The minimum absolute atomic E-state index is 0.00146. The molecular weight excluding hydrogens is 294 g/mol. The van der Waals surface area contributed by atoms with Crippen LogP contribution >= 0.6 is 0 Å². The predicted molar refractivity (Wildman–Crippen MR) is 85.1 cm³/mol. The van der Waals surface area contributed by atoms with Crippen LogP contribution in [-0.4, -0.2) is 22.0 Å². The highest BCUT2D eigenvalue weighted by Gasteiger charge is 2.07. The van der Waals surface area contributed by atoms with Crippen molar-refractivity contribution in [1.82, 2.24) is 5.48 Å². The number of amides is 1. The van der Waals surface area contributed by atoms with Crippen molar-refractivity contribution in [3.63, 3.8) is 0 Å². The monoisotopic (exact) mass is 313 g/mol. The summed E-state index contributed by atoms with van der Waals surface area (Å²) in [7, 11) is 0. The summed E-state index contributed by atoms with van der Waals surface area (Å²) in [5.41, 5.74) is 4.67. The summed E-state index contributed by atoms with van der Waals surface area (Å²) >= 11 is 0. The maximum absolute atomic E-state index is 12.0. The normalized spacial score (nSPS) is 10.3. The number of hydrogen-bond acceptors (Lipinski definition) is 4. The molecule has 120 valence electrons. The molecule has 0 aliphatic heterocycles. The van der Waals surface area contributed by atoms with E-state index >= 15 is 0 Å². The fraction of sp³-hybridized carbons (Fsp3) is 0.222. The Morgan fingerprint density at radius 3 is 2.00 bits per heavy atom. The van der Waals surface area contributed by atoms with E-state index in [2.05, 4.69) is 0 Å². The molecule has 2 aromatic rings. The molecule has 0 heterocycles. The van der Waals surface area contributed by atoms with Crippen LogP contribution in [-0.2, 0) is 24.2 Å². The number of nitrogens with one attached hydrogen (secondary N) is 1. The van der Waals surface area contributed by atoms with Crippen molar-refractivity contribution in [2.45, 2.75) is 25.9 Å². The molecule has 2 aromatic carbocycles. The number of hydrogen-bond donors (Lipinski definition) is 3. The van der Waals surface area contributed by atoms with Crippen molar-refractivity contribution in [2.75, 3.05) is 0 Å². The SMILES string of the molecule is O=C(CCc1ccc(C(=O)NO)cc1)Cc1ccc(CO)cc1. The third kappa shape index (κ3) is 5.02. The van der Waals surface area contributed by atoms with Gasteiger partial charge in [-0.05, 0) is 35.2 Å². The largest absolute Gasteiger partial charge is 0.392 e. The number of carbonyl (C=O) groups is 2. The molecule has 1 amide bonds. The number of aliphatic hydroxyl groups excluding tert-OH is 1. The van der Waals surface area contributed by atoms with Gasteiger partial charge >= 0.3 is 0 Å². The fourth-order valence-electron chi connectivity index (χ4n) is 2.25. The van der Waals surface area contributed by atoms with E-state index < -0.39 is 5.91 Å². The van der Waals surface area contributed by atoms with Crippen LogP contribution in [0.25, 0.3) is 0 Å². The van der Waals surface area contributed by atoms with Crippen LogP contribution in [0.3, 0.4) is 0 Å². The molecule has 23 heavy (non-hydrogen) atoms. The molecule has 0 atom stereocenters. The molecule has 5 heteroatoms. The fourth-order valence-corrected chi connectivity index (χ4v) is 2.25. The topological polar surface area (TPSA) is 86.6 Å². The summed E-state index contributed by atoms with van der Waals surface area (Å²) in [6.45, 7) is -0.00146. The lowest BCUT2D eigenvalue weighted by Gasteiger charge is -2.04. The zero-order chi connectivity index (χ0) is 16.7. The van der Waals surface area contributed by atoms with E-state index in [0.717, 1.165) is 16.7 Å². The van der Waals surface area contributed by atoms with E-state index in [1.165, 1.54) is 0 Å². The molecule has 0 saturated heterocycles. The Balaban J connectivity index is 1.84. The minimum Gasteiger partial charge on any atom is -0.392 e. The second-order valence-electron chi connectivity index (χ2n) is 5.33. The van der Waals surface area contributed by atoms with E-state index in [4.69, 9.17) is 10.3 Å². The zero-order valence-electron chi connectivity index (χ0n) is 12.7. The summed E-state index contributed by atoms with van der Waals surface area (Å²) in [6.07, 6.45) is 1.40. The molecule has 0 bridgehead atoms. The van der Waals surface area contributed by atoms with Gasteiger partial charge in [-0.2, -0.15) is 0 Å². The highest BCUT2D eigenvalue weighted by atomic mass is 16.5. The highest BCUT2D eigenvalue weighted by Crippen LogP contribution is 2.10. The smallest absolute Gasteiger partial charge is 0.274 e. The van der Waals surface area contributed by atoms with Crippen LogP contribution in [0.1, 0.15) is 33.5 Å². The lowest BCUT2D eigenvalue weighted by Crippen LogP contribution is -2.18. The van der Waals surface area contributed by atoms with Crippen LogP contribution in [0.5, 0.6) is 0 Å². The molecule has 5 nitrogen and oxygen atoms in total. The molecule has 0 saturated carbocycles. The van der Waals surface area contributed by atoms with E-state index in [9.17, 15) is 9.59 Å². The van der Waals surface area contributed by atoms with Gasteiger partial charge in [0.05, 0.1) is 6.61 Å². The average Bonchev–Trinajstić information content (AvgIpc) is 2.60. The third-order valence-electron chi connectivity index (χ3n) is 3.62. The second-order valence-corrected chi connectivity index (χ2v) is 5.33. The predicted octanol–water partition coefficient (Wildman–Crippen LogP) is 2.04. The first kappa shape index (κ1) is 16.9. The number of rotatable bonds is 7. The van der Waals surface area contributed by atoms with Crippen molar-refractivity contribution < 1.29 is 19.9 Å². The van der Waals surface area contributed by atoms with Gasteiger partial charge in [0.15, 0.2) is 0 Å². The molecule has 0 fully saturated rings. The number of hydroxylamine groups is 1. The van der Waals surface area contributed by atoms with Gasteiger partial charge in [-0.1, -0.05) is 36.4 Å². The van der Waals surface area contributed by atoms with E-state index in [0.29, 0.717) is 24.8 Å². The van der Waals surface area contributed by atoms with Crippen LogP contribution in [0, 0.1) is 0 Å². The summed E-state index contributed by atoms with van der Waals surface area (Å²) in [4.78, 5) is 23.2. The minimum atomic E-state index is -0.557. The van der Waals surface area contributed by atoms with E-state index in [1.807, 2.05) is 24.3 Å². The van der Waals surface area contributed by atoms with Gasteiger partial charge in [0.25, 0.3) is 5.91 Å². The molecule has 3 N–H and O–H groups in total. The van der Waals surface area contributed by atoms with Gasteiger partial charge in [0.1, 0.15) is 5.78 Å². The Bertz CT molecular complexity index is 662. The first-order chi connectivity index (χ1) is 11.1. The van der Waals surface area contributed by atoms with Crippen molar-refractivity contribution in [3.05, 3.63) is 70.8 Å². The van der Waals surface area contributed by atoms with E-state index in [1.54, 1.807) is 29.7 Å². The van der Waals surface area contributed by atoms with Gasteiger partial charge in [-0.25, -0.2) is 5.48 Å². The number of aliphatic hydroxyl groups is 1. The van der Waals surface area contributed by atoms with Gasteiger partial charge in [0.2, 0.25) is 0 Å². The Hall–Kier alpha value is -2.50. The molecule has 0 aliphatic rings. The lowest BCUT2D eigenvalue weighted by atomic mass is 10.0. The molecular formula is C18H19NO4. The highest BCUT2D eigenvalue weighted by molar-refractivity contribution is 5.93. The van der Waals surface area contributed by atoms with Crippen LogP contribution in [0.2, 0.25) is 0 Å². The number of ketones is 1. The quantitative estimate of drug-likeness (QED) is 0.539. The maximum Gasteiger partial charge on any atom is 0.274 e. The molecule has 0 spiro atoms. The van der Waals surface area contributed by atoms with Crippen LogP contribution in [0.15, 0.2) is 48.5 Å². The summed E-state index contributed by atoms with van der Waals surface area (Å²) in [6, 6.07) is 14.1. The molecule has 0 aromatic heterocycles. The lowest BCUT2D eigenvalue weighted by molar-refractivity contribution is -0.118. The number of benzene rings is 2. The van der Waals surface area contributed by atoms with Gasteiger partial charge in [-0.15, -0.1) is 0 Å². The van der Waals surface area contributed by atoms with Gasteiger partial charge < -0.3 is 5.11 Å². The second kappa shape index (κ2) is 8.22. The maximum atomic E-state index is 12.0. The summed E-state index contributed by atoms with van der Waals surface area (Å²) in [5, 5.41) is 17.5. The van der Waals surface area contributed by atoms with Crippen LogP contribution in [0.4, 0.5) is 0 Å². The van der Waals surface area contributed by atoms with Crippen molar-refractivity contribution in [3.8, 4) is 0 Å². The van der Waals surface area contributed by atoms with Gasteiger partial charge in [-0.3, -0.25) is 14.8 Å². The zero-order valence-corrected chi connectivity index (χ0v) is 12.7. The Kier molecular flexibility index (Phi) is 6.02. The first-order valence-corrected chi connectivity index (χ1v) is 7.36. The first-order valence-electron chi connectivity index (χ1n) is 7.36. The van der Waals surface area contributed by atoms with Crippen molar-refractivity contribution >= 4 is 11.7 Å². The molecule has 0 radical (unpaired) electrons.